The molecule has 1 heterocycles. The van der Waals surface area contributed by atoms with Crippen molar-refractivity contribution in [2.75, 3.05) is 0 Å². The second kappa shape index (κ2) is 5.45. The Bertz CT molecular complexity index is 394. The first kappa shape index (κ1) is 14.6. The van der Waals surface area contributed by atoms with Gasteiger partial charge in [0.1, 0.15) is 0 Å². The van der Waals surface area contributed by atoms with Gasteiger partial charge in [-0.1, -0.05) is 45.4 Å². The summed E-state index contributed by atoms with van der Waals surface area (Å²) in [5, 5.41) is 0. The average Bonchev–Trinajstić information content (AvgIpc) is 2.57. The highest BCUT2D eigenvalue weighted by Gasteiger charge is 2.32. The smallest absolute Gasteiger partial charge is 0.0490 e. The molecule has 0 amide bonds. The fourth-order valence-corrected chi connectivity index (χ4v) is 3.35. The van der Waals surface area contributed by atoms with E-state index in [-0.39, 0.29) is 5.54 Å². The highest BCUT2D eigenvalue weighted by molar-refractivity contribution is 7.97. The third-order valence-corrected chi connectivity index (χ3v) is 4.24. The molecule has 1 aromatic carbocycles. The first-order valence-corrected chi connectivity index (χ1v) is 7.32. The Morgan fingerprint density at radius 3 is 2.29 bits per heavy atom. The summed E-state index contributed by atoms with van der Waals surface area (Å²) in [5.41, 5.74) is 4.41. The maximum absolute atomic E-state index is 3.50. The monoisotopic (exact) mass is 251 g/mol. The summed E-state index contributed by atoms with van der Waals surface area (Å²) in [6.07, 6.45) is 0. The quantitative estimate of drug-likeness (QED) is 0.706. The molecule has 1 nitrogen and oxygen atoms in total. The van der Waals surface area contributed by atoms with Crippen molar-refractivity contribution >= 4 is 11.9 Å². The zero-order chi connectivity index (χ0) is 13.2. The van der Waals surface area contributed by atoms with Crippen LogP contribution in [0.3, 0.4) is 0 Å². The van der Waals surface area contributed by atoms with Crippen LogP contribution in [-0.4, -0.2) is 0 Å². The number of benzene rings is 1. The second-order valence-corrected chi connectivity index (χ2v) is 6.03. The van der Waals surface area contributed by atoms with Crippen LogP contribution >= 0.6 is 11.9 Å². The van der Waals surface area contributed by atoms with Crippen molar-refractivity contribution < 1.29 is 0 Å². The third kappa shape index (κ3) is 2.86. The molecule has 0 bridgehead atoms. The molecular weight excluding hydrogens is 226 g/mol. The first-order chi connectivity index (χ1) is 7.92. The summed E-state index contributed by atoms with van der Waals surface area (Å²) < 4.78 is 3.50. The van der Waals surface area contributed by atoms with E-state index in [9.17, 15) is 0 Å². The molecule has 1 aliphatic rings. The molecule has 0 spiro atoms. The minimum absolute atomic E-state index is 0.107. The maximum Gasteiger partial charge on any atom is 0.0490 e. The van der Waals surface area contributed by atoms with Crippen molar-refractivity contribution in [2.45, 2.75) is 64.8 Å². The zero-order valence-electron chi connectivity index (χ0n) is 12.1. The van der Waals surface area contributed by atoms with Crippen LogP contribution in [0.2, 0.25) is 0 Å². The lowest BCUT2D eigenvalue weighted by Gasteiger charge is -2.19. The molecule has 1 aromatic rings. The SMILES string of the molecule is CC.Cc1cc(C(C)C)c2c(c1)C(C)(C)NS2. The minimum atomic E-state index is 0.107. The first-order valence-electron chi connectivity index (χ1n) is 6.51. The van der Waals surface area contributed by atoms with Gasteiger partial charge < -0.3 is 0 Å². The number of nitrogens with one attached hydrogen (secondary N) is 1. The summed E-state index contributed by atoms with van der Waals surface area (Å²) in [7, 11) is 0. The number of hydrogen-bond acceptors (Lipinski definition) is 2. The van der Waals surface area contributed by atoms with Gasteiger partial charge in [-0.3, -0.25) is 0 Å². The van der Waals surface area contributed by atoms with Gasteiger partial charge in [0.2, 0.25) is 0 Å². The number of hydrogen-bond donors (Lipinski definition) is 1. The summed E-state index contributed by atoms with van der Waals surface area (Å²) in [6.45, 7) is 15.2. The van der Waals surface area contributed by atoms with Gasteiger partial charge in [-0.25, -0.2) is 4.72 Å². The molecule has 1 aliphatic heterocycles. The van der Waals surface area contributed by atoms with Gasteiger partial charge in [0.25, 0.3) is 0 Å². The van der Waals surface area contributed by atoms with Crippen LogP contribution in [-0.2, 0) is 5.54 Å². The molecule has 0 atom stereocenters. The van der Waals surface area contributed by atoms with Crippen LogP contribution in [0.25, 0.3) is 0 Å². The highest BCUT2D eigenvalue weighted by Crippen LogP contribution is 2.43. The Morgan fingerprint density at radius 2 is 1.76 bits per heavy atom. The molecule has 0 aliphatic carbocycles. The summed E-state index contributed by atoms with van der Waals surface area (Å²) >= 11 is 1.79. The molecule has 0 unspecified atom stereocenters. The normalized spacial score (nSPS) is 16.5. The van der Waals surface area contributed by atoms with E-state index in [1.165, 1.54) is 21.6 Å². The van der Waals surface area contributed by atoms with Crippen molar-refractivity contribution in [2.24, 2.45) is 0 Å². The summed E-state index contributed by atoms with van der Waals surface area (Å²) in [4.78, 5) is 1.45. The van der Waals surface area contributed by atoms with E-state index in [1.54, 1.807) is 11.9 Å². The van der Waals surface area contributed by atoms with Crippen LogP contribution in [0.1, 0.15) is 64.2 Å². The third-order valence-electron chi connectivity index (χ3n) is 2.97. The minimum Gasteiger partial charge on any atom is -0.250 e. The largest absolute Gasteiger partial charge is 0.250 e. The Balaban J connectivity index is 0.000000686. The topological polar surface area (TPSA) is 12.0 Å². The number of fused-ring (bicyclic) bond motifs is 1. The van der Waals surface area contributed by atoms with E-state index >= 15 is 0 Å². The lowest BCUT2D eigenvalue weighted by Crippen LogP contribution is -2.26. The molecule has 0 aromatic heterocycles. The summed E-state index contributed by atoms with van der Waals surface area (Å²) in [5.74, 6) is 0.599. The lowest BCUT2D eigenvalue weighted by molar-refractivity contribution is 0.515. The van der Waals surface area contributed by atoms with Gasteiger partial charge in [0.05, 0.1) is 0 Å². The standard InChI is InChI=1S/C13H19NS.C2H6/c1-8(2)10-6-9(3)7-11-12(10)15-14-13(11,4)5;1-2/h6-8,14H,1-5H3;1-2H3. The van der Waals surface area contributed by atoms with Gasteiger partial charge in [-0.2, -0.15) is 0 Å². The van der Waals surface area contributed by atoms with E-state index in [0.717, 1.165) is 0 Å². The predicted molar refractivity (Wildman–Crippen MR) is 78.6 cm³/mol. The Kier molecular flexibility index (Phi) is 4.68. The molecular formula is C15H25NS. The van der Waals surface area contributed by atoms with Gasteiger partial charge in [0.15, 0.2) is 0 Å². The maximum atomic E-state index is 3.50. The molecule has 96 valence electrons. The van der Waals surface area contributed by atoms with E-state index in [2.05, 4.69) is 51.5 Å². The van der Waals surface area contributed by atoms with E-state index in [0.29, 0.717) is 5.92 Å². The van der Waals surface area contributed by atoms with Crippen molar-refractivity contribution in [3.05, 3.63) is 28.8 Å². The highest BCUT2D eigenvalue weighted by atomic mass is 32.2. The van der Waals surface area contributed by atoms with Gasteiger partial charge in [-0.05, 0) is 49.8 Å². The van der Waals surface area contributed by atoms with Crippen LogP contribution in [0, 0.1) is 6.92 Å². The van der Waals surface area contributed by atoms with Gasteiger partial charge in [0, 0.05) is 10.4 Å². The van der Waals surface area contributed by atoms with Crippen molar-refractivity contribution in [3.63, 3.8) is 0 Å². The molecule has 0 saturated carbocycles. The zero-order valence-corrected chi connectivity index (χ0v) is 13.0. The van der Waals surface area contributed by atoms with Gasteiger partial charge in [-0.15, -0.1) is 0 Å². The van der Waals surface area contributed by atoms with E-state index < -0.39 is 0 Å². The van der Waals surface area contributed by atoms with Crippen LogP contribution in [0.15, 0.2) is 17.0 Å². The van der Waals surface area contributed by atoms with Crippen LogP contribution in [0.4, 0.5) is 0 Å². The van der Waals surface area contributed by atoms with E-state index in [1.807, 2.05) is 13.8 Å². The number of aryl methyl sites for hydroxylation is 1. The average molecular weight is 251 g/mol. The molecule has 17 heavy (non-hydrogen) atoms. The van der Waals surface area contributed by atoms with Crippen molar-refractivity contribution in [1.29, 1.82) is 0 Å². The van der Waals surface area contributed by atoms with Crippen molar-refractivity contribution in [3.8, 4) is 0 Å². The number of rotatable bonds is 1. The van der Waals surface area contributed by atoms with Crippen LogP contribution in [0.5, 0.6) is 0 Å². The lowest BCUT2D eigenvalue weighted by atomic mass is 9.89. The van der Waals surface area contributed by atoms with Crippen molar-refractivity contribution in [1.82, 2.24) is 4.72 Å². The predicted octanol–water partition coefficient (Wildman–Crippen LogP) is 4.99. The molecule has 0 fully saturated rings. The van der Waals surface area contributed by atoms with Crippen LogP contribution < -0.4 is 4.72 Å². The molecule has 2 rings (SSSR count). The fraction of sp³-hybridized carbons (Fsp3) is 0.600. The van der Waals surface area contributed by atoms with E-state index in [4.69, 9.17) is 0 Å². The molecule has 0 radical (unpaired) electrons. The molecule has 2 heteroatoms. The fourth-order valence-electron chi connectivity index (χ4n) is 2.04. The molecule has 1 N–H and O–H groups in total. The Morgan fingerprint density at radius 1 is 1.18 bits per heavy atom. The Hall–Kier alpha value is -0.470. The van der Waals surface area contributed by atoms with Gasteiger partial charge >= 0.3 is 0 Å². The second-order valence-electron chi connectivity index (χ2n) is 5.21. The Labute approximate surface area is 111 Å². The molecule has 0 saturated heterocycles. The summed E-state index contributed by atoms with van der Waals surface area (Å²) in [6, 6.07) is 4.63.